The third kappa shape index (κ3) is 4.13. The van der Waals surface area contributed by atoms with Crippen LogP contribution in [0.25, 0.3) is 0 Å². The summed E-state index contributed by atoms with van der Waals surface area (Å²) in [4.78, 5) is 0. The van der Waals surface area contributed by atoms with Crippen LogP contribution in [0.5, 0.6) is 0 Å². The predicted molar refractivity (Wildman–Crippen MR) is 67.1 cm³/mol. The first-order chi connectivity index (χ1) is 8.55. The second kappa shape index (κ2) is 6.94. The van der Waals surface area contributed by atoms with Gasteiger partial charge in [-0.1, -0.05) is 0 Å². The van der Waals surface area contributed by atoms with Gasteiger partial charge in [0, 0.05) is 19.3 Å². The summed E-state index contributed by atoms with van der Waals surface area (Å²) in [6.45, 7) is 4.39. The molecule has 1 aromatic carbocycles. The smallest absolute Gasteiger partial charge is 0.276 e. The van der Waals surface area contributed by atoms with E-state index >= 15 is 0 Å². The van der Waals surface area contributed by atoms with Gasteiger partial charge < -0.3 is 13.9 Å². The van der Waals surface area contributed by atoms with Crippen molar-refractivity contribution in [3.63, 3.8) is 0 Å². The van der Waals surface area contributed by atoms with Crippen LogP contribution in [0.2, 0.25) is 0 Å². The maximum Gasteiger partial charge on any atom is 0.276 e. The highest BCUT2D eigenvalue weighted by molar-refractivity contribution is 5.98. The van der Waals surface area contributed by atoms with Crippen molar-refractivity contribution < 1.29 is 22.7 Å². The minimum absolute atomic E-state index is 0.146. The van der Waals surface area contributed by atoms with Gasteiger partial charge in [-0.2, -0.15) is 0 Å². The fourth-order valence-corrected chi connectivity index (χ4v) is 2.12. The standard InChI is InChI=1S/C12H18F2O3Si/c1-3-15-12(17-18,16-4-2)8-9-5-10(13)7-11(14)6-9/h5-7H,3-4,8H2,1-2,18H3. The quantitative estimate of drug-likeness (QED) is 0.558. The van der Waals surface area contributed by atoms with E-state index in [1.807, 2.05) is 0 Å². The highest BCUT2D eigenvalue weighted by Crippen LogP contribution is 2.22. The molecule has 0 heterocycles. The normalized spacial score (nSPS) is 12.0. The number of benzene rings is 1. The van der Waals surface area contributed by atoms with E-state index in [1.54, 1.807) is 13.8 Å². The fourth-order valence-electron chi connectivity index (χ4n) is 1.74. The summed E-state index contributed by atoms with van der Waals surface area (Å²) in [5.74, 6) is -2.49. The number of ether oxygens (including phenoxy) is 2. The Kier molecular flexibility index (Phi) is 5.87. The highest BCUT2D eigenvalue weighted by Gasteiger charge is 2.31. The molecular formula is C12H18F2O3Si. The summed E-state index contributed by atoms with van der Waals surface area (Å²) in [5.41, 5.74) is 0.435. The lowest BCUT2D eigenvalue weighted by molar-refractivity contribution is -0.339. The van der Waals surface area contributed by atoms with Crippen LogP contribution in [0, 0.1) is 11.6 Å². The van der Waals surface area contributed by atoms with Gasteiger partial charge in [0.2, 0.25) is 0 Å². The molecule has 0 fully saturated rings. The van der Waals surface area contributed by atoms with Crippen molar-refractivity contribution in [1.29, 1.82) is 0 Å². The van der Waals surface area contributed by atoms with Gasteiger partial charge in [0.15, 0.2) is 10.5 Å². The SMILES string of the molecule is CCOC(Cc1cc(F)cc(F)c1)(O[SiH3])OCC. The molecule has 3 nitrogen and oxygen atoms in total. The average molecular weight is 276 g/mol. The van der Waals surface area contributed by atoms with Gasteiger partial charge in [0.25, 0.3) is 5.97 Å². The first-order valence-electron chi connectivity index (χ1n) is 5.83. The zero-order chi connectivity index (χ0) is 13.6. The zero-order valence-electron chi connectivity index (χ0n) is 10.8. The highest BCUT2D eigenvalue weighted by atomic mass is 28.2. The van der Waals surface area contributed by atoms with Gasteiger partial charge in [0.05, 0.1) is 6.42 Å². The Labute approximate surface area is 109 Å². The molecule has 0 aliphatic heterocycles. The van der Waals surface area contributed by atoms with Crippen LogP contribution in [0.1, 0.15) is 19.4 Å². The Morgan fingerprint density at radius 2 is 1.56 bits per heavy atom. The molecule has 6 heteroatoms. The Hall–Kier alpha value is -0.823. The van der Waals surface area contributed by atoms with E-state index in [-0.39, 0.29) is 6.42 Å². The van der Waals surface area contributed by atoms with Crippen LogP contribution in [0.3, 0.4) is 0 Å². The van der Waals surface area contributed by atoms with Crippen LogP contribution < -0.4 is 0 Å². The first-order valence-corrected chi connectivity index (χ1v) is 6.65. The number of rotatable bonds is 7. The molecule has 0 N–H and O–H groups in total. The largest absolute Gasteiger partial charge is 0.380 e. The van der Waals surface area contributed by atoms with Crippen molar-refractivity contribution in [2.75, 3.05) is 13.2 Å². The molecule has 0 amide bonds. The minimum atomic E-state index is -1.24. The summed E-state index contributed by atoms with van der Waals surface area (Å²) >= 11 is 0. The third-order valence-corrected chi connectivity index (χ3v) is 3.00. The van der Waals surface area contributed by atoms with Crippen LogP contribution in [0.4, 0.5) is 8.78 Å². The van der Waals surface area contributed by atoms with Crippen LogP contribution in [-0.4, -0.2) is 29.7 Å². The monoisotopic (exact) mass is 276 g/mol. The molecule has 0 spiro atoms. The minimum Gasteiger partial charge on any atom is -0.380 e. The van der Waals surface area contributed by atoms with Crippen molar-refractivity contribution in [3.05, 3.63) is 35.4 Å². The molecule has 0 atom stereocenters. The summed E-state index contributed by atoms with van der Waals surface area (Å²) in [6, 6.07) is 3.32. The molecule has 0 bridgehead atoms. The van der Waals surface area contributed by atoms with Crippen molar-refractivity contribution in [2.24, 2.45) is 0 Å². The molecule has 0 aromatic heterocycles. The van der Waals surface area contributed by atoms with Gasteiger partial charge in [-0.05, 0) is 31.5 Å². The molecule has 0 saturated carbocycles. The van der Waals surface area contributed by atoms with E-state index in [0.717, 1.165) is 6.07 Å². The molecule has 1 rings (SSSR count). The average Bonchev–Trinajstić information content (AvgIpc) is 2.28. The first kappa shape index (κ1) is 15.2. The zero-order valence-corrected chi connectivity index (χ0v) is 12.8. The molecule has 18 heavy (non-hydrogen) atoms. The van der Waals surface area contributed by atoms with E-state index in [9.17, 15) is 8.78 Å². The van der Waals surface area contributed by atoms with Crippen LogP contribution >= 0.6 is 0 Å². The third-order valence-electron chi connectivity index (χ3n) is 2.38. The summed E-state index contributed by atoms with van der Waals surface area (Å²) in [6.07, 6.45) is 0.146. The van der Waals surface area contributed by atoms with E-state index in [2.05, 4.69) is 0 Å². The van der Waals surface area contributed by atoms with Gasteiger partial charge in [-0.15, -0.1) is 0 Å². The molecule has 0 aliphatic rings. The second-order valence-electron chi connectivity index (χ2n) is 3.71. The van der Waals surface area contributed by atoms with E-state index in [0.29, 0.717) is 29.3 Å². The lowest BCUT2D eigenvalue weighted by Crippen LogP contribution is -2.41. The number of hydrogen-bond acceptors (Lipinski definition) is 3. The van der Waals surface area contributed by atoms with Crippen molar-refractivity contribution in [1.82, 2.24) is 0 Å². The lowest BCUT2D eigenvalue weighted by atomic mass is 10.1. The Bertz CT molecular complexity index is 361. The summed E-state index contributed by atoms with van der Waals surface area (Å²) in [7, 11) is 0.394. The number of halogens is 2. The molecule has 0 radical (unpaired) electrons. The molecule has 1 aromatic rings. The van der Waals surface area contributed by atoms with Crippen molar-refractivity contribution in [3.8, 4) is 0 Å². The summed E-state index contributed by atoms with van der Waals surface area (Å²) < 4.78 is 42.5. The number of hydrogen-bond donors (Lipinski definition) is 0. The topological polar surface area (TPSA) is 27.7 Å². The van der Waals surface area contributed by atoms with Gasteiger partial charge in [-0.3, -0.25) is 0 Å². The second-order valence-corrected chi connectivity index (χ2v) is 4.12. The van der Waals surface area contributed by atoms with Crippen molar-refractivity contribution in [2.45, 2.75) is 26.2 Å². The van der Waals surface area contributed by atoms with E-state index in [1.165, 1.54) is 12.1 Å². The van der Waals surface area contributed by atoms with Crippen molar-refractivity contribution >= 4 is 10.5 Å². The van der Waals surface area contributed by atoms with Gasteiger partial charge >= 0.3 is 0 Å². The molecule has 0 unspecified atom stereocenters. The lowest BCUT2D eigenvalue weighted by Gasteiger charge is -2.32. The van der Waals surface area contributed by atoms with E-state index in [4.69, 9.17) is 13.9 Å². The van der Waals surface area contributed by atoms with E-state index < -0.39 is 17.6 Å². The fraction of sp³-hybridized carbons (Fsp3) is 0.500. The molecule has 102 valence electrons. The van der Waals surface area contributed by atoms with Gasteiger partial charge in [0.1, 0.15) is 11.6 Å². The maximum atomic E-state index is 13.1. The van der Waals surface area contributed by atoms with Gasteiger partial charge in [-0.25, -0.2) is 8.78 Å². The van der Waals surface area contributed by atoms with Crippen LogP contribution in [0.15, 0.2) is 18.2 Å². The summed E-state index contributed by atoms with van der Waals surface area (Å²) in [5, 5.41) is 0. The Balaban J connectivity index is 2.93. The Morgan fingerprint density at radius 1 is 1.06 bits per heavy atom. The Morgan fingerprint density at radius 3 is 1.94 bits per heavy atom. The van der Waals surface area contributed by atoms with Crippen LogP contribution in [-0.2, 0) is 20.3 Å². The molecule has 0 saturated heterocycles. The predicted octanol–water partition coefficient (Wildman–Crippen LogP) is 1.53. The molecular weight excluding hydrogens is 258 g/mol. The maximum absolute atomic E-state index is 13.1. The molecule has 0 aliphatic carbocycles.